The Morgan fingerprint density at radius 3 is 2.35 bits per heavy atom. The number of hydrogen-bond acceptors (Lipinski definition) is 1. The predicted octanol–water partition coefficient (Wildman–Crippen LogP) is 4.58. The van der Waals surface area contributed by atoms with Crippen molar-refractivity contribution in [2.45, 2.75) is 13.1 Å². The fraction of sp³-hybridized carbons (Fsp3) is 0.182. The minimum atomic E-state index is -4.32. The summed E-state index contributed by atoms with van der Waals surface area (Å²) in [5.41, 5.74) is 8.05. The molecule has 6 heteroatoms. The molecule has 1 radical (unpaired) electrons. The molecule has 3 nitrogen and oxygen atoms in total. The summed E-state index contributed by atoms with van der Waals surface area (Å²) in [7, 11) is 0. The molecule has 0 aromatic heterocycles. The first-order valence-electron chi connectivity index (χ1n) is 4.67. The zero-order chi connectivity index (χ0) is 12.9. The number of benzene rings is 1. The molecule has 0 aliphatic heterocycles. The first-order valence-corrected chi connectivity index (χ1v) is 4.67. The molecule has 1 aromatic rings. The second-order valence-electron chi connectivity index (χ2n) is 3.28. The lowest BCUT2D eigenvalue weighted by Crippen LogP contribution is -2.03. The monoisotopic (exact) mass is 240 g/mol. The van der Waals surface area contributed by atoms with Crippen molar-refractivity contribution < 1.29 is 13.2 Å². The van der Waals surface area contributed by atoms with E-state index in [1.54, 1.807) is 13.0 Å². The van der Waals surface area contributed by atoms with Gasteiger partial charge in [0.2, 0.25) is 0 Å². The molecule has 0 N–H and O–H groups in total. The highest BCUT2D eigenvalue weighted by molar-refractivity contribution is 5.52. The topological polar surface area (TPSA) is 48.8 Å². The van der Waals surface area contributed by atoms with Gasteiger partial charge in [0.25, 0.3) is 0 Å². The van der Waals surface area contributed by atoms with Crippen LogP contribution in [0.15, 0.2) is 35.5 Å². The predicted molar refractivity (Wildman–Crippen MR) is 58.5 cm³/mol. The summed E-state index contributed by atoms with van der Waals surface area (Å²) in [6.45, 7) is 1.60. The van der Waals surface area contributed by atoms with Gasteiger partial charge in [-0.2, -0.15) is 13.2 Å². The lowest BCUT2D eigenvalue weighted by molar-refractivity contribution is -0.137. The first-order chi connectivity index (χ1) is 7.93. The molecule has 0 amide bonds. The van der Waals surface area contributed by atoms with Crippen LogP contribution in [0.1, 0.15) is 18.1 Å². The summed E-state index contributed by atoms with van der Waals surface area (Å²) in [4.78, 5) is 2.58. The van der Waals surface area contributed by atoms with Crippen molar-refractivity contribution in [2.75, 3.05) is 0 Å². The van der Waals surface area contributed by atoms with Crippen LogP contribution in [0.25, 0.3) is 16.5 Å². The molecule has 0 spiro atoms. The van der Waals surface area contributed by atoms with Gasteiger partial charge < -0.3 is 0 Å². The Kier molecular flexibility index (Phi) is 4.17. The maximum absolute atomic E-state index is 12.3. The van der Waals surface area contributed by atoms with E-state index in [0.717, 1.165) is 12.1 Å². The van der Waals surface area contributed by atoms with E-state index >= 15 is 0 Å². The summed E-state index contributed by atoms with van der Waals surface area (Å²) in [5.74, 6) is 0. The lowest BCUT2D eigenvalue weighted by atomic mass is 10.1. The summed E-state index contributed by atoms with van der Waals surface area (Å²) in [6, 6.07) is 5.14. The third-order valence-corrected chi connectivity index (χ3v) is 1.96. The second kappa shape index (κ2) is 5.41. The Bertz CT molecular complexity index is 442. The highest BCUT2D eigenvalue weighted by Gasteiger charge is 2.29. The SMILES string of the molecule is C[C](/C=C/c1ccc(C(F)(F)F)cc1)N=[N+]=[N-]. The average Bonchev–Trinajstić information content (AvgIpc) is 2.26. The van der Waals surface area contributed by atoms with E-state index in [4.69, 9.17) is 5.53 Å². The molecule has 0 saturated carbocycles. The number of nitrogens with zero attached hydrogens (tertiary/aromatic N) is 3. The molecule has 0 saturated heterocycles. The molecule has 0 heterocycles. The molecule has 1 rings (SSSR count). The minimum Gasteiger partial charge on any atom is -0.166 e. The van der Waals surface area contributed by atoms with Crippen LogP contribution in [-0.4, -0.2) is 0 Å². The summed E-state index contributed by atoms with van der Waals surface area (Å²) in [5, 5.41) is 3.33. The van der Waals surface area contributed by atoms with Crippen molar-refractivity contribution in [3.05, 3.63) is 58.0 Å². The van der Waals surface area contributed by atoms with Gasteiger partial charge in [0.05, 0.1) is 11.6 Å². The van der Waals surface area contributed by atoms with Crippen LogP contribution in [-0.2, 0) is 6.18 Å². The third kappa shape index (κ3) is 4.20. The molecule has 0 aliphatic carbocycles. The molecule has 0 aliphatic rings. The number of halogens is 3. The average molecular weight is 240 g/mol. The van der Waals surface area contributed by atoms with Crippen LogP contribution in [0.5, 0.6) is 0 Å². The normalized spacial score (nSPS) is 11.8. The van der Waals surface area contributed by atoms with E-state index in [0.29, 0.717) is 11.6 Å². The fourth-order valence-corrected chi connectivity index (χ4v) is 1.10. The highest BCUT2D eigenvalue weighted by Crippen LogP contribution is 2.29. The zero-order valence-electron chi connectivity index (χ0n) is 8.94. The van der Waals surface area contributed by atoms with Gasteiger partial charge in [0, 0.05) is 4.91 Å². The van der Waals surface area contributed by atoms with Crippen LogP contribution in [0, 0.1) is 6.04 Å². The number of azide groups is 1. The van der Waals surface area contributed by atoms with Crippen LogP contribution < -0.4 is 0 Å². The molecule has 89 valence electrons. The standard InChI is InChI=1S/C11H9F3N3/c1-8(16-17-15)2-3-9-4-6-10(7-5-9)11(12,13)14/h2-7H,1H3/b3-2+. The second-order valence-corrected chi connectivity index (χ2v) is 3.28. The maximum atomic E-state index is 12.3. The summed E-state index contributed by atoms with van der Waals surface area (Å²) < 4.78 is 36.8. The van der Waals surface area contributed by atoms with Crippen molar-refractivity contribution >= 4 is 6.08 Å². The van der Waals surface area contributed by atoms with Crippen molar-refractivity contribution in [1.29, 1.82) is 0 Å². The van der Waals surface area contributed by atoms with Crippen molar-refractivity contribution in [3.63, 3.8) is 0 Å². The van der Waals surface area contributed by atoms with E-state index < -0.39 is 11.7 Å². The zero-order valence-corrected chi connectivity index (χ0v) is 8.94. The van der Waals surface area contributed by atoms with Crippen molar-refractivity contribution in [1.82, 2.24) is 0 Å². The lowest BCUT2D eigenvalue weighted by Gasteiger charge is -2.05. The van der Waals surface area contributed by atoms with Crippen molar-refractivity contribution in [3.8, 4) is 0 Å². The van der Waals surface area contributed by atoms with Crippen LogP contribution in [0.4, 0.5) is 13.2 Å². The van der Waals surface area contributed by atoms with E-state index in [2.05, 4.69) is 10.0 Å². The Hall–Kier alpha value is -1.94. The smallest absolute Gasteiger partial charge is 0.166 e. The van der Waals surface area contributed by atoms with Gasteiger partial charge in [-0.25, -0.2) is 0 Å². The van der Waals surface area contributed by atoms with E-state index in [9.17, 15) is 13.2 Å². The largest absolute Gasteiger partial charge is 0.416 e. The maximum Gasteiger partial charge on any atom is 0.416 e. The van der Waals surface area contributed by atoms with Crippen LogP contribution >= 0.6 is 0 Å². The van der Waals surface area contributed by atoms with Gasteiger partial charge in [0.1, 0.15) is 0 Å². The highest BCUT2D eigenvalue weighted by atomic mass is 19.4. The fourth-order valence-electron chi connectivity index (χ4n) is 1.10. The van der Waals surface area contributed by atoms with E-state index in [-0.39, 0.29) is 0 Å². The molecule has 0 unspecified atom stereocenters. The summed E-state index contributed by atoms with van der Waals surface area (Å²) in [6.07, 6.45) is -1.22. The number of rotatable bonds is 3. The van der Waals surface area contributed by atoms with Gasteiger partial charge in [-0.3, -0.25) is 0 Å². The molecule has 0 fully saturated rings. The molecule has 0 bridgehead atoms. The number of hydrogen-bond donors (Lipinski definition) is 0. The number of alkyl halides is 3. The van der Waals surface area contributed by atoms with E-state index in [1.165, 1.54) is 18.2 Å². The van der Waals surface area contributed by atoms with Gasteiger partial charge >= 0.3 is 6.18 Å². The van der Waals surface area contributed by atoms with Crippen molar-refractivity contribution in [2.24, 2.45) is 5.11 Å². The Balaban J connectivity index is 2.79. The Labute approximate surface area is 96.2 Å². The van der Waals surface area contributed by atoms with E-state index in [1.807, 2.05) is 0 Å². The Morgan fingerprint density at radius 2 is 1.88 bits per heavy atom. The Morgan fingerprint density at radius 1 is 1.29 bits per heavy atom. The molecule has 0 atom stereocenters. The summed E-state index contributed by atoms with van der Waals surface area (Å²) >= 11 is 0. The van der Waals surface area contributed by atoms with Gasteiger partial charge in [-0.1, -0.05) is 29.4 Å². The van der Waals surface area contributed by atoms with Gasteiger partial charge in [-0.15, -0.1) is 0 Å². The quantitative estimate of drug-likeness (QED) is 0.422. The van der Waals surface area contributed by atoms with Crippen LogP contribution in [0.2, 0.25) is 0 Å². The molecular weight excluding hydrogens is 231 g/mol. The molecule has 17 heavy (non-hydrogen) atoms. The third-order valence-electron chi connectivity index (χ3n) is 1.96. The van der Waals surface area contributed by atoms with Gasteiger partial charge in [0.15, 0.2) is 0 Å². The molecular formula is C11H9F3N3. The molecule has 1 aromatic carbocycles. The minimum absolute atomic E-state index is 0.437. The van der Waals surface area contributed by atoms with Crippen LogP contribution in [0.3, 0.4) is 0 Å². The first kappa shape index (κ1) is 13.1. The van der Waals surface area contributed by atoms with Gasteiger partial charge in [-0.05, 0) is 30.2 Å².